The molecule has 0 amide bonds. The minimum atomic E-state index is 0.219. The van der Waals surface area contributed by atoms with Crippen LogP contribution < -0.4 is 10.2 Å². The molecule has 2 heterocycles. The van der Waals surface area contributed by atoms with Crippen molar-refractivity contribution in [2.45, 2.75) is 6.54 Å². The Morgan fingerprint density at radius 1 is 0.793 bits per heavy atom. The van der Waals surface area contributed by atoms with E-state index in [1.54, 1.807) is 18.3 Å². The van der Waals surface area contributed by atoms with Gasteiger partial charge >= 0.3 is 0 Å². The van der Waals surface area contributed by atoms with Gasteiger partial charge in [-0.25, -0.2) is 4.98 Å². The van der Waals surface area contributed by atoms with Crippen LogP contribution in [0.15, 0.2) is 97.2 Å². The van der Waals surface area contributed by atoms with E-state index in [0.29, 0.717) is 18.8 Å². The molecule has 0 aliphatic rings. The molecule has 29 heavy (non-hydrogen) atoms. The minimum absolute atomic E-state index is 0.219. The number of benzene rings is 2. The van der Waals surface area contributed by atoms with Gasteiger partial charge in [-0.05, 0) is 48.5 Å². The van der Waals surface area contributed by atoms with Crippen molar-refractivity contribution in [1.82, 2.24) is 15.3 Å². The van der Waals surface area contributed by atoms with Gasteiger partial charge in [0.25, 0.3) is 0 Å². The number of phenols is 1. The molecule has 0 fully saturated rings. The molecule has 4 rings (SSSR count). The van der Waals surface area contributed by atoms with Gasteiger partial charge in [-0.15, -0.1) is 0 Å². The Bertz CT molecular complexity index is 1050. The lowest BCUT2D eigenvalue weighted by Crippen LogP contribution is -2.31. The van der Waals surface area contributed by atoms with Crippen molar-refractivity contribution in [3.8, 4) is 17.0 Å². The zero-order valence-corrected chi connectivity index (χ0v) is 15.9. The first-order valence-electron chi connectivity index (χ1n) is 9.50. The number of nitrogens with one attached hydrogen (secondary N) is 1. The second-order valence-electron chi connectivity index (χ2n) is 6.57. The van der Waals surface area contributed by atoms with Crippen molar-refractivity contribution in [3.05, 3.63) is 103 Å². The largest absolute Gasteiger partial charge is 0.507 e. The standard InChI is InChI=1S/C24H22N4O/c29-23-14-5-4-12-21(23)22-13-8-15-24(27-22)28(20-10-2-1-3-11-20)18-25-17-19-9-6-7-16-26-19/h1-16,25,29H,17-18H2. The van der Waals surface area contributed by atoms with Gasteiger partial charge < -0.3 is 10.0 Å². The summed E-state index contributed by atoms with van der Waals surface area (Å²) in [6.07, 6.45) is 1.79. The Kier molecular flexibility index (Phi) is 5.78. The molecule has 4 aromatic rings. The summed E-state index contributed by atoms with van der Waals surface area (Å²) >= 11 is 0. The fraction of sp³-hybridized carbons (Fsp3) is 0.0833. The van der Waals surface area contributed by atoms with E-state index in [-0.39, 0.29) is 5.75 Å². The Labute approximate surface area is 170 Å². The lowest BCUT2D eigenvalue weighted by atomic mass is 10.1. The first-order valence-corrected chi connectivity index (χ1v) is 9.50. The summed E-state index contributed by atoms with van der Waals surface area (Å²) in [5, 5.41) is 13.6. The van der Waals surface area contributed by atoms with Crippen molar-refractivity contribution in [2.24, 2.45) is 0 Å². The predicted molar refractivity (Wildman–Crippen MR) is 116 cm³/mol. The highest BCUT2D eigenvalue weighted by molar-refractivity contribution is 5.69. The van der Waals surface area contributed by atoms with Gasteiger partial charge in [-0.3, -0.25) is 10.3 Å². The molecule has 0 saturated heterocycles. The number of hydrogen-bond donors (Lipinski definition) is 2. The van der Waals surface area contributed by atoms with E-state index in [1.165, 1.54) is 0 Å². The van der Waals surface area contributed by atoms with E-state index in [9.17, 15) is 5.11 Å². The number of phenolic OH excluding ortho intramolecular Hbond substituents is 1. The monoisotopic (exact) mass is 382 g/mol. The molecule has 5 nitrogen and oxygen atoms in total. The zero-order chi connectivity index (χ0) is 19.9. The highest BCUT2D eigenvalue weighted by atomic mass is 16.3. The van der Waals surface area contributed by atoms with Gasteiger partial charge in [-0.1, -0.05) is 42.5 Å². The van der Waals surface area contributed by atoms with Crippen molar-refractivity contribution in [1.29, 1.82) is 0 Å². The van der Waals surface area contributed by atoms with E-state index < -0.39 is 0 Å². The lowest BCUT2D eigenvalue weighted by Gasteiger charge is -2.25. The molecular weight excluding hydrogens is 360 g/mol. The van der Waals surface area contributed by atoms with Crippen molar-refractivity contribution >= 4 is 11.5 Å². The number of aromatic nitrogens is 2. The van der Waals surface area contributed by atoms with Gasteiger partial charge in [-0.2, -0.15) is 0 Å². The Morgan fingerprint density at radius 2 is 1.59 bits per heavy atom. The number of nitrogens with zero attached hydrogens (tertiary/aromatic N) is 3. The van der Waals surface area contributed by atoms with E-state index in [0.717, 1.165) is 22.9 Å². The van der Waals surface area contributed by atoms with Crippen LogP contribution in [0.25, 0.3) is 11.3 Å². The average molecular weight is 382 g/mol. The summed E-state index contributed by atoms with van der Waals surface area (Å²) in [5.74, 6) is 1.02. The number of pyridine rings is 2. The maximum Gasteiger partial charge on any atom is 0.134 e. The van der Waals surface area contributed by atoms with Crippen LogP contribution in [0, 0.1) is 0 Å². The summed E-state index contributed by atoms with van der Waals surface area (Å²) in [7, 11) is 0. The van der Waals surface area contributed by atoms with Gasteiger partial charge in [0.2, 0.25) is 0 Å². The topological polar surface area (TPSA) is 61.3 Å². The molecule has 0 bridgehead atoms. The van der Waals surface area contributed by atoms with Crippen LogP contribution in [0.1, 0.15) is 5.69 Å². The highest BCUT2D eigenvalue weighted by Gasteiger charge is 2.13. The number of hydrogen-bond acceptors (Lipinski definition) is 5. The summed E-state index contributed by atoms with van der Waals surface area (Å²) < 4.78 is 0. The fourth-order valence-electron chi connectivity index (χ4n) is 3.12. The average Bonchev–Trinajstić information content (AvgIpc) is 2.78. The number of anilines is 2. The fourth-order valence-corrected chi connectivity index (χ4v) is 3.12. The smallest absolute Gasteiger partial charge is 0.134 e. The van der Waals surface area contributed by atoms with Crippen LogP contribution in [0.3, 0.4) is 0 Å². The molecule has 2 aromatic heterocycles. The number of rotatable bonds is 7. The van der Waals surface area contributed by atoms with Crippen LogP contribution in [0.5, 0.6) is 5.75 Å². The van der Waals surface area contributed by atoms with Crippen molar-refractivity contribution in [3.63, 3.8) is 0 Å². The van der Waals surface area contributed by atoms with Gasteiger partial charge in [0.05, 0.1) is 18.1 Å². The third-order valence-corrected chi connectivity index (χ3v) is 4.56. The quantitative estimate of drug-likeness (QED) is 0.452. The molecule has 0 atom stereocenters. The summed E-state index contributed by atoms with van der Waals surface area (Å²) in [6, 6.07) is 29.1. The van der Waals surface area contributed by atoms with Crippen LogP contribution in [-0.4, -0.2) is 21.7 Å². The maximum absolute atomic E-state index is 10.2. The van der Waals surface area contributed by atoms with Crippen LogP contribution in [0.2, 0.25) is 0 Å². The molecule has 5 heteroatoms. The summed E-state index contributed by atoms with van der Waals surface area (Å²) in [6.45, 7) is 1.22. The van der Waals surface area contributed by atoms with Gasteiger partial charge in [0, 0.05) is 24.0 Å². The van der Waals surface area contributed by atoms with Gasteiger partial charge in [0.1, 0.15) is 11.6 Å². The Morgan fingerprint density at radius 3 is 2.38 bits per heavy atom. The summed E-state index contributed by atoms with van der Waals surface area (Å²) in [5.41, 5.74) is 3.45. The van der Waals surface area contributed by atoms with Gasteiger partial charge in [0.15, 0.2) is 0 Å². The van der Waals surface area contributed by atoms with Crippen molar-refractivity contribution in [2.75, 3.05) is 11.6 Å². The maximum atomic E-state index is 10.2. The number of aromatic hydroxyl groups is 1. The zero-order valence-electron chi connectivity index (χ0n) is 15.9. The second-order valence-corrected chi connectivity index (χ2v) is 6.57. The van der Waals surface area contributed by atoms with Crippen molar-refractivity contribution < 1.29 is 5.11 Å². The van der Waals surface area contributed by atoms with E-state index in [1.807, 2.05) is 66.7 Å². The molecular formula is C24H22N4O. The first-order chi connectivity index (χ1) is 14.3. The Balaban J connectivity index is 1.61. The lowest BCUT2D eigenvalue weighted by molar-refractivity contribution is 0.477. The molecule has 0 unspecified atom stereocenters. The van der Waals surface area contributed by atoms with Crippen LogP contribution >= 0.6 is 0 Å². The SMILES string of the molecule is Oc1ccccc1-c1cccc(N(CNCc2ccccn2)c2ccccc2)n1. The third kappa shape index (κ3) is 4.59. The normalized spacial score (nSPS) is 10.6. The molecule has 0 saturated carbocycles. The minimum Gasteiger partial charge on any atom is -0.507 e. The third-order valence-electron chi connectivity index (χ3n) is 4.56. The van der Waals surface area contributed by atoms with E-state index in [4.69, 9.17) is 4.98 Å². The first kappa shape index (κ1) is 18.7. The molecule has 2 N–H and O–H groups in total. The van der Waals surface area contributed by atoms with Crippen LogP contribution in [-0.2, 0) is 6.54 Å². The van der Waals surface area contributed by atoms with Crippen LogP contribution in [0.4, 0.5) is 11.5 Å². The van der Waals surface area contributed by atoms with E-state index >= 15 is 0 Å². The molecule has 0 aliphatic carbocycles. The predicted octanol–water partition coefficient (Wildman–Crippen LogP) is 4.73. The molecule has 144 valence electrons. The Hall–Kier alpha value is -3.70. The molecule has 2 aromatic carbocycles. The molecule has 0 aliphatic heterocycles. The summed E-state index contributed by atoms with van der Waals surface area (Å²) in [4.78, 5) is 11.3. The molecule has 0 spiro atoms. The highest BCUT2D eigenvalue weighted by Crippen LogP contribution is 2.30. The molecule has 0 radical (unpaired) electrons. The van der Waals surface area contributed by atoms with E-state index in [2.05, 4.69) is 27.3 Å². The number of para-hydroxylation sites is 2. The second kappa shape index (κ2) is 8.99.